The van der Waals surface area contributed by atoms with Gasteiger partial charge in [0.25, 0.3) is 0 Å². The quantitative estimate of drug-likeness (QED) is 0.534. The van der Waals surface area contributed by atoms with Crippen molar-refractivity contribution in [3.63, 3.8) is 0 Å². The van der Waals surface area contributed by atoms with Gasteiger partial charge in [-0.1, -0.05) is 57.7 Å². The SMILES string of the molecule is CCCCCCCCCn1cccc1C(N)=S. The summed E-state index contributed by atoms with van der Waals surface area (Å²) in [5.41, 5.74) is 6.65. The largest absolute Gasteiger partial charge is 0.388 e. The Hall–Kier alpha value is -0.830. The fourth-order valence-corrected chi connectivity index (χ4v) is 2.26. The molecule has 0 aliphatic heterocycles. The fraction of sp³-hybridized carbons (Fsp3) is 0.643. The third-order valence-electron chi connectivity index (χ3n) is 3.08. The third-order valence-corrected chi connectivity index (χ3v) is 3.29. The van der Waals surface area contributed by atoms with Gasteiger partial charge in [-0.2, -0.15) is 0 Å². The van der Waals surface area contributed by atoms with E-state index in [2.05, 4.69) is 17.7 Å². The minimum Gasteiger partial charge on any atom is -0.388 e. The lowest BCUT2D eigenvalue weighted by Crippen LogP contribution is -2.15. The summed E-state index contributed by atoms with van der Waals surface area (Å²) < 4.78 is 2.16. The molecule has 0 aliphatic rings. The molecule has 0 saturated heterocycles. The zero-order chi connectivity index (χ0) is 12.5. The summed E-state index contributed by atoms with van der Waals surface area (Å²) in [6, 6.07) is 4.00. The zero-order valence-corrected chi connectivity index (χ0v) is 11.6. The second kappa shape index (κ2) is 8.29. The molecule has 3 heteroatoms. The van der Waals surface area contributed by atoms with Crippen LogP contribution in [0.4, 0.5) is 0 Å². The summed E-state index contributed by atoms with van der Waals surface area (Å²) in [5.74, 6) is 0. The minimum atomic E-state index is 0.498. The summed E-state index contributed by atoms with van der Waals surface area (Å²) in [5, 5.41) is 0. The van der Waals surface area contributed by atoms with Crippen LogP contribution >= 0.6 is 12.2 Å². The fourth-order valence-electron chi connectivity index (χ4n) is 2.07. The smallest absolute Gasteiger partial charge is 0.120 e. The van der Waals surface area contributed by atoms with Crippen LogP contribution in [0.25, 0.3) is 0 Å². The normalized spacial score (nSPS) is 10.6. The van der Waals surface area contributed by atoms with Crippen molar-refractivity contribution in [1.29, 1.82) is 0 Å². The van der Waals surface area contributed by atoms with Crippen LogP contribution in [-0.4, -0.2) is 9.56 Å². The first kappa shape index (κ1) is 14.2. The second-order valence-corrected chi connectivity index (χ2v) is 5.01. The molecule has 0 unspecified atom stereocenters. The van der Waals surface area contributed by atoms with Gasteiger partial charge < -0.3 is 10.3 Å². The number of aryl methyl sites for hydroxylation is 1. The van der Waals surface area contributed by atoms with E-state index in [1.165, 1.54) is 44.9 Å². The van der Waals surface area contributed by atoms with Gasteiger partial charge in [-0.25, -0.2) is 0 Å². The highest BCUT2D eigenvalue weighted by Gasteiger charge is 2.02. The van der Waals surface area contributed by atoms with Crippen LogP contribution in [0.2, 0.25) is 0 Å². The van der Waals surface area contributed by atoms with Crippen LogP contribution in [0, 0.1) is 0 Å². The van der Waals surface area contributed by atoms with Gasteiger partial charge in [-0.3, -0.25) is 0 Å². The van der Waals surface area contributed by atoms with Crippen LogP contribution in [-0.2, 0) is 6.54 Å². The van der Waals surface area contributed by atoms with Gasteiger partial charge in [0, 0.05) is 12.7 Å². The molecule has 0 aliphatic carbocycles. The van der Waals surface area contributed by atoms with Crippen LogP contribution in [0.3, 0.4) is 0 Å². The van der Waals surface area contributed by atoms with Gasteiger partial charge in [0.1, 0.15) is 4.99 Å². The predicted molar refractivity (Wildman–Crippen MR) is 78.3 cm³/mol. The summed E-state index contributed by atoms with van der Waals surface area (Å²) in [4.78, 5) is 0.498. The molecule has 1 aromatic heterocycles. The molecule has 17 heavy (non-hydrogen) atoms. The molecule has 1 rings (SSSR count). The number of nitrogens with zero attached hydrogens (tertiary/aromatic N) is 1. The average molecular weight is 252 g/mol. The molecule has 1 heterocycles. The highest BCUT2D eigenvalue weighted by molar-refractivity contribution is 7.80. The van der Waals surface area contributed by atoms with E-state index in [1.54, 1.807) is 0 Å². The highest BCUT2D eigenvalue weighted by Crippen LogP contribution is 2.09. The van der Waals surface area contributed by atoms with Crippen molar-refractivity contribution in [3.8, 4) is 0 Å². The van der Waals surface area contributed by atoms with Crippen molar-refractivity contribution in [2.45, 2.75) is 58.4 Å². The van der Waals surface area contributed by atoms with Gasteiger partial charge in [0.2, 0.25) is 0 Å². The highest BCUT2D eigenvalue weighted by atomic mass is 32.1. The molecule has 0 radical (unpaired) electrons. The van der Waals surface area contributed by atoms with Gasteiger partial charge in [0.15, 0.2) is 0 Å². The van der Waals surface area contributed by atoms with Crippen LogP contribution in [0.1, 0.15) is 57.6 Å². The zero-order valence-electron chi connectivity index (χ0n) is 10.8. The van der Waals surface area contributed by atoms with Gasteiger partial charge >= 0.3 is 0 Å². The number of hydrogen-bond acceptors (Lipinski definition) is 1. The lowest BCUT2D eigenvalue weighted by molar-refractivity contribution is 0.550. The Morgan fingerprint density at radius 3 is 2.47 bits per heavy atom. The number of unbranched alkanes of at least 4 members (excludes halogenated alkanes) is 6. The molecule has 1 aromatic rings. The molecular weight excluding hydrogens is 228 g/mol. The predicted octanol–water partition coefficient (Wildman–Crippen LogP) is 3.87. The van der Waals surface area contributed by atoms with Crippen LogP contribution in [0.5, 0.6) is 0 Å². The molecule has 0 spiro atoms. The number of nitrogens with two attached hydrogens (primary N) is 1. The molecular formula is C14H24N2S. The van der Waals surface area contributed by atoms with Crippen molar-refractivity contribution in [2.24, 2.45) is 5.73 Å². The Morgan fingerprint density at radius 2 is 1.82 bits per heavy atom. The lowest BCUT2D eigenvalue weighted by atomic mass is 10.1. The molecule has 0 fully saturated rings. The Bertz CT molecular complexity index is 331. The molecule has 0 amide bonds. The number of aromatic nitrogens is 1. The van der Waals surface area contributed by atoms with Crippen molar-refractivity contribution in [1.82, 2.24) is 4.57 Å². The Kier molecular flexibility index (Phi) is 6.94. The first-order valence-corrected chi connectivity index (χ1v) is 7.11. The topological polar surface area (TPSA) is 30.9 Å². The summed E-state index contributed by atoms with van der Waals surface area (Å²) in [6.07, 6.45) is 11.4. The van der Waals surface area contributed by atoms with Gasteiger partial charge in [0.05, 0.1) is 5.69 Å². The maximum absolute atomic E-state index is 5.65. The monoisotopic (exact) mass is 252 g/mol. The summed E-state index contributed by atoms with van der Waals surface area (Å²) >= 11 is 5.01. The third kappa shape index (κ3) is 5.35. The Labute approximate surface area is 110 Å². The molecule has 2 N–H and O–H groups in total. The average Bonchev–Trinajstić information content (AvgIpc) is 2.76. The maximum Gasteiger partial charge on any atom is 0.120 e. The standard InChI is InChI=1S/C14H24N2S/c1-2-3-4-5-6-7-8-11-16-12-9-10-13(16)14(15)17/h9-10,12H,2-8,11H2,1H3,(H2,15,17). The first-order chi connectivity index (χ1) is 8.25. The van der Waals surface area contributed by atoms with E-state index < -0.39 is 0 Å². The van der Waals surface area contributed by atoms with Crippen molar-refractivity contribution < 1.29 is 0 Å². The van der Waals surface area contributed by atoms with E-state index in [4.69, 9.17) is 18.0 Å². The lowest BCUT2D eigenvalue weighted by Gasteiger charge is -2.07. The Balaban J connectivity index is 2.14. The Morgan fingerprint density at radius 1 is 1.18 bits per heavy atom. The van der Waals surface area contributed by atoms with Crippen molar-refractivity contribution in [2.75, 3.05) is 0 Å². The van der Waals surface area contributed by atoms with Crippen molar-refractivity contribution in [3.05, 3.63) is 24.0 Å². The molecule has 0 aromatic carbocycles. The van der Waals surface area contributed by atoms with Crippen LogP contribution in [0.15, 0.2) is 18.3 Å². The van der Waals surface area contributed by atoms with Crippen LogP contribution < -0.4 is 5.73 Å². The first-order valence-electron chi connectivity index (χ1n) is 6.70. The maximum atomic E-state index is 5.65. The summed E-state index contributed by atoms with van der Waals surface area (Å²) in [6.45, 7) is 3.29. The molecule has 2 nitrogen and oxygen atoms in total. The van der Waals surface area contributed by atoms with E-state index in [0.29, 0.717) is 4.99 Å². The van der Waals surface area contributed by atoms with E-state index in [0.717, 1.165) is 12.2 Å². The van der Waals surface area contributed by atoms with Gasteiger partial charge in [-0.15, -0.1) is 0 Å². The number of rotatable bonds is 9. The van der Waals surface area contributed by atoms with E-state index in [-0.39, 0.29) is 0 Å². The van der Waals surface area contributed by atoms with Gasteiger partial charge in [-0.05, 0) is 18.6 Å². The number of hydrogen-bond donors (Lipinski definition) is 1. The van der Waals surface area contributed by atoms with Crippen molar-refractivity contribution >= 4 is 17.2 Å². The molecule has 0 saturated carbocycles. The number of thiocarbonyl (C=S) groups is 1. The molecule has 0 bridgehead atoms. The van der Waals surface area contributed by atoms with E-state index in [1.807, 2.05) is 12.1 Å². The molecule has 96 valence electrons. The molecule has 0 atom stereocenters. The second-order valence-electron chi connectivity index (χ2n) is 4.57. The van der Waals surface area contributed by atoms with E-state index in [9.17, 15) is 0 Å². The summed E-state index contributed by atoms with van der Waals surface area (Å²) in [7, 11) is 0. The minimum absolute atomic E-state index is 0.498. The van der Waals surface area contributed by atoms with E-state index >= 15 is 0 Å².